The van der Waals surface area contributed by atoms with Crippen molar-refractivity contribution in [3.63, 3.8) is 0 Å². The zero-order valence-corrected chi connectivity index (χ0v) is 19.5. The fourth-order valence-electron chi connectivity index (χ4n) is 3.47. The molecule has 1 fully saturated rings. The van der Waals surface area contributed by atoms with E-state index in [1.54, 1.807) is 6.08 Å². The van der Waals surface area contributed by atoms with E-state index in [1.807, 2.05) is 6.92 Å². The molecule has 34 heavy (non-hydrogen) atoms. The summed E-state index contributed by atoms with van der Waals surface area (Å²) in [5.74, 6) is -0.130. The van der Waals surface area contributed by atoms with E-state index in [0.29, 0.717) is 12.5 Å². The Bertz CT molecular complexity index is 938. The Kier molecular flexibility index (Phi) is 10.2. The standard InChI is InChI=1S/C18H19F4N3O2.C5H12N2/c1-3-4-5-23-16(25-17(26)27)14-9-12(19)8-13-6-11(18(20,21)22)7-15(24-13)10(14)2;1-5-4-6-2-3-7-5/h4-7,12H,3,8-9H2,1-2H3,(H,23,25)(H,26,27);5-7H,2-4H2,1H3/b5-4+,14-10+;/t12-;/m1./s1. The lowest BCUT2D eigenvalue weighted by molar-refractivity contribution is -0.137. The third kappa shape index (κ3) is 8.53. The summed E-state index contributed by atoms with van der Waals surface area (Å²) in [6, 6.07) is 2.38. The van der Waals surface area contributed by atoms with E-state index in [9.17, 15) is 22.4 Å². The first-order chi connectivity index (χ1) is 16.0. The zero-order chi connectivity index (χ0) is 25.3. The van der Waals surface area contributed by atoms with Crippen LogP contribution in [0.4, 0.5) is 22.4 Å². The third-order valence-electron chi connectivity index (χ3n) is 5.20. The number of carboxylic acid groups (broad SMARTS) is 1. The summed E-state index contributed by atoms with van der Waals surface area (Å²) < 4.78 is 53.9. The number of hydrogen-bond donors (Lipinski definition) is 4. The second-order valence-electron chi connectivity index (χ2n) is 8.10. The van der Waals surface area contributed by atoms with Crippen molar-refractivity contribution in [3.05, 3.63) is 46.9 Å². The summed E-state index contributed by atoms with van der Waals surface area (Å²) in [5.41, 5.74) is -0.501. The predicted molar refractivity (Wildman–Crippen MR) is 123 cm³/mol. The number of nitrogens with one attached hydrogen (secondary N) is 3. The average Bonchev–Trinajstić information content (AvgIpc) is 2.76. The van der Waals surface area contributed by atoms with Crippen LogP contribution in [0.2, 0.25) is 0 Å². The van der Waals surface area contributed by atoms with Crippen molar-refractivity contribution >= 4 is 17.5 Å². The van der Waals surface area contributed by atoms with E-state index >= 15 is 0 Å². The molecule has 4 N–H and O–H groups in total. The van der Waals surface area contributed by atoms with E-state index in [1.165, 1.54) is 13.1 Å². The normalized spacial score (nSPS) is 23.6. The zero-order valence-electron chi connectivity index (χ0n) is 19.5. The van der Waals surface area contributed by atoms with Gasteiger partial charge in [-0.15, -0.1) is 0 Å². The van der Waals surface area contributed by atoms with Crippen molar-refractivity contribution in [1.82, 2.24) is 20.9 Å². The average molecular weight is 486 g/mol. The number of halogens is 4. The van der Waals surface area contributed by atoms with Crippen LogP contribution in [-0.2, 0) is 12.6 Å². The van der Waals surface area contributed by atoms with Gasteiger partial charge in [-0.05, 0) is 38.0 Å². The number of amides is 1. The number of fused-ring (bicyclic) bond motifs is 2. The fraction of sp³-hybridized carbons (Fsp3) is 0.522. The topological polar surface area (TPSA) is 98.6 Å². The van der Waals surface area contributed by atoms with Gasteiger partial charge in [-0.1, -0.05) is 13.0 Å². The van der Waals surface area contributed by atoms with E-state index in [-0.39, 0.29) is 41.2 Å². The summed E-state index contributed by atoms with van der Waals surface area (Å²) in [7, 11) is 0. The largest absolute Gasteiger partial charge is 0.465 e. The van der Waals surface area contributed by atoms with E-state index in [2.05, 4.69) is 32.9 Å². The first kappa shape index (κ1) is 27.5. The molecule has 188 valence electrons. The molecule has 2 atom stereocenters. The number of piperazine rings is 1. The van der Waals surface area contributed by atoms with Gasteiger partial charge >= 0.3 is 12.3 Å². The van der Waals surface area contributed by atoms with Crippen molar-refractivity contribution in [2.24, 2.45) is 4.99 Å². The maximum Gasteiger partial charge on any atom is 0.416 e. The molecule has 0 spiro atoms. The van der Waals surface area contributed by atoms with Crippen molar-refractivity contribution in [1.29, 1.82) is 0 Å². The Labute approximate surface area is 196 Å². The first-order valence-electron chi connectivity index (χ1n) is 11.1. The van der Waals surface area contributed by atoms with Crippen LogP contribution >= 0.6 is 0 Å². The lowest BCUT2D eigenvalue weighted by atomic mass is 9.93. The lowest BCUT2D eigenvalue weighted by Gasteiger charge is -2.21. The van der Waals surface area contributed by atoms with Gasteiger partial charge in [-0.25, -0.2) is 14.2 Å². The molecular formula is C23H31F4N5O2. The van der Waals surface area contributed by atoms with Crippen LogP contribution in [-0.4, -0.2) is 53.9 Å². The fourth-order valence-corrected chi connectivity index (χ4v) is 3.47. The van der Waals surface area contributed by atoms with Crippen LogP contribution in [0.5, 0.6) is 0 Å². The molecule has 0 radical (unpaired) electrons. The van der Waals surface area contributed by atoms with Crippen LogP contribution in [0.1, 0.15) is 50.6 Å². The quantitative estimate of drug-likeness (QED) is 0.291. The number of pyridine rings is 1. The van der Waals surface area contributed by atoms with Crippen LogP contribution in [0.15, 0.2) is 35.0 Å². The molecule has 1 saturated heterocycles. The summed E-state index contributed by atoms with van der Waals surface area (Å²) in [6.07, 6.45) is -4.37. The Balaban J connectivity index is 0.000000497. The summed E-state index contributed by atoms with van der Waals surface area (Å²) in [6.45, 7) is 8.89. The number of allylic oxidation sites excluding steroid dienone is 2. The third-order valence-corrected chi connectivity index (χ3v) is 5.20. The van der Waals surface area contributed by atoms with Gasteiger partial charge in [0, 0.05) is 56.0 Å². The molecule has 7 nitrogen and oxygen atoms in total. The van der Waals surface area contributed by atoms with Gasteiger partial charge in [-0.3, -0.25) is 10.3 Å². The molecule has 1 aromatic heterocycles. The van der Waals surface area contributed by atoms with Crippen molar-refractivity contribution in [3.8, 4) is 0 Å². The van der Waals surface area contributed by atoms with Gasteiger partial charge in [0.15, 0.2) is 0 Å². The van der Waals surface area contributed by atoms with Crippen molar-refractivity contribution in [2.75, 3.05) is 19.6 Å². The summed E-state index contributed by atoms with van der Waals surface area (Å²) in [5, 5.41) is 17.7. The van der Waals surface area contributed by atoms with Crippen LogP contribution in [0.25, 0.3) is 5.57 Å². The second-order valence-corrected chi connectivity index (χ2v) is 8.10. The lowest BCUT2D eigenvalue weighted by Crippen LogP contribution is -2.46. The number of carbonyl (C=O) groups is 1. The smallest absolute Gasteiger partial charge is 0.416 e. The molecule has 1 amide bonds. The highest BCUT2D eigenvalue weighted by molar-refractivity contribution is 6.10. The number of aliphatic imine (C=N–C) groups is 1. The number of amidine groups is 1. The minimum absolute atomic E-state index is 0.00119. The molecule has 1 unspecified atom stereocenters. The molecule has 2 aliphatic rings. The number of rotatable bonds is 3. The molecule has 3 heterocycles. The van der Waals surface area contributed by atoms with Crippen LogP contribution in [0.3, 0.4) is 0 Å². The van der Waals surface area contributed by atoms with Crippen LogP contribution < -0.4 is 16.0 Å². The Morgan fingerprint density at radius 3 is 2.59 bits per heavy atom. The molecular weight excluding hydrogens is 454 g/mol. The SMILES string of the molecule is CC/C=C/N=C(NC(=O)O)/C1=C(\C)c2cc(C(F)(F)F)cc(n2)C[C@@H](F)C1.CC1CNCCN1. The maximum atomic E-state index is 14.5. The molecule has 1 aromatic rings. The molecule has 0 aliphatic carbocycles. The first-order valence-corrected chi connectivity index (χ1v) is 11.1. The number of alkyl halides is 4. The molecule has 0 aromatic carbocycles. The van der Waals surface area contributed by atoms with Crippen LogP contribution in [0, 0.1) is 0 Å². The Morgan fingerprint density at radius 1 is 1.32 bits per heavy atom. The predicted octanol–water partition coefficient (Wildman–Crippen LogP) is 4.32. The monoisotopic (exact) mass is 485 g/mol. The van der Waals surface area contributed by atoms with Gasteiger partial charge in [0.1, 0.15) is 12.0 Å². The number of nitrogens with zero attached hydrogens (tertiary/aromatic N) is 2. The van der Waals surface area contributed by atoms with Crippen molar-refractivity contribution in [2.45, 2.75) is 58.4 Å². The molecule has 0 saturated carbocycles. The maximum absolute atomic E-state index is 14.5. The minimum atomic E-state index is -4.60. The molecule has 3 rings (SSSR count). The number of hydrogen-bond acceptors (Lipinski definition) is 5. The van der Waals surface area contributed by atoms with E-state index in [0.717, 1.165) is 31.8 Å². The molecule has 2 bridgehead atoms. The van der Waals surface area contributed by atoms with E-state index < -0.39 is 24.0 Å². The van der Waals surface area contributed by atoms with E-state index in [4.69, 9.17) is 5.11 Å². The second kappa shape index (κ2) is 12.6. The summed E-state index contributed by atoms with van der Waals surface area (Å²) in [4.78, 5) is 19.2. The van der Waals surface area contributed by atoms with Gasteiger partial charge in [-0.2, -0.15) is 13.2 Å². The van der Waals surface area contributed by atoms with Gasteiger partial charge < -0.3 is 15.7 Å². The highest BCUT2D eigenvalue weighted by Gasteiger charge is 2.33. The van der Waals surface area contributed by atoms with Gasteiger partial charge in [0.2, 0.25) is 0 Å². The number of aromatic nitrogens is 1. The van der Waals surface area contributed by atoms with Crippen molar-refractivity contribution < 1.29 is 27.5 Å². The minimum Gasteiger partial charge on any atom is -0.465 e. The highest BCUT2D eigenvalue weighted by atomic mass is 19.4. The highest BCUT2D eigenvalue weighted by Crippen LogP contribution is 2.34. The molecule has 11 heteroatoms. The Hall–Kier alpha value is -2.79. The Morgan fingerprint density at radius 2 is 2.06 bits per heavy atom. The van der Waals surface area contributed by atoms with Gasteiger partial charge in [0.25, 0.3) is 0 Å². The summed E-state index contributed by atoms with van der Waals surface area (Å²) >= 11 is 0. The van der Waals surface area contributed by atoms with Gasteiger partial charge in [0.05, 0.1) is 11.3 Å². The molecule has 2 aliphatic heterocycles.